The van der Waals surface area contributed by atoms with E-state index in [0.717, 1.165) is 5.69 Å². The summed E-state index contributed by atoms with van der Waals surface area (Å²) < 4.78 is 1.74. The molecule has 2 aromatic rings. The number of aromatic nitrogens is 4. The van der Waals surface area contributed by atoms with Gasteiger partial charge in [-0.1, -0.05) is 0 Å². The van der Waals surface area contributed by atoms with Crippen molar-refractivity contribution in [2.75, 3.05) is 0 Å². The van der Waals surface area contributed by atoms with Crippen molar-refractivity contribution in [3.8, 4) is 11.5 Å². The lowest BCUT2D eigenvalue weighted by Gasteiger charge is -1.93. The quantitative estimate of drug-likeness (QED) is 0.711. The van der Waals surface area contributed by atoms with Gasteiger partial charge < -0.3 is 4.98 Å². The van der Waals surface area contributed by atoms with E-state index in [0.29, 0.717) is 11.5 Å². The molecule has 0 fully saturated rings. The van der Waals surface area contributed by atoms with Crippen LogP contribution in [-0.4, -0.2) is 19.7 Å². The molecule has 0 aliphatic rings. The summed E-state index contributed by atoms with van der Waals surface area (Å²) in [5.41, 5.74) is 1.53. The van der Waals surface area contributed by atoms with Crippen molar-refractivity contribution in [2.45, 2.75) is 6.92 Å². The van der Waals surface area contributed by atoms with Crippen molar-refractivity contribution in [2.24, 2.45) is 7.05 Å². The minimum atomic E-state index is -0.168. The van der Waals surface area contributed by atoms with Gasteiger partial charge in [0, 0.05) is 25.0 Å². The second-order valence-electron chi connectivity index (χ2n) is 3.08. The zero-order valence-electron chi connectivity index (χ0n) is 7.98. The van der Waals surface area contributed by atoms with Gasteiger partial charge in [0.2, 0.25) is 0 Å². The number of hydrogen-bond acceptors (Lipinski definition) is 3. The largest absolute Gasteiger partial charge is 0.305 e. The highest BCUT2D eigenvalue weighted by molar-refractivity contribution is 5.48. The standard InChI is InChI=1S/C9H10N4O/c1-6-5-7(12-13(6)2)9-10-4-3-8(14)11-9/h3-5H,1-2H3,(H,10,11,14). The molecule has 1 N–H and O–H groups in total. The van der Waals surface area contributed by atoms with Crippen LogP contribution in [0.15, 0.2) is 23.1 Å². The molecule has 0 bridgehead atoms. The molecule has 5 nitrogen and oxygen atoms in total. The second-order valence-corrected chi connectivity index (χ2v) is 3.08. The Bertz CT molecular complexity index is 492. The molecule has 0 aliphatic carbocycles. The topological polar surface area (TPSA) is 63.6 Å². The van der Waals surface area contributed by atoms with E-state index in [1.165, 1.54) is 12.3 Å². The third kappa shape index (κ3) is 1.44. The Kier molecular flexibility index (Phi) is 1.92. The third-order valence-electron chi connectivity index (χ3n) is 2.03. The van der Waals surface area contributed by atoms with Crippen LogP contribution >= 0.6 is 0 Å². The van der Waals surface area contributed by atoms with Crippen molar-refractivity contribution in [1.82, 2.24) is 19.7 Å². The van der Waals surface area contributed by atoms with Gasteiger partial charge >= 0.3 is 0 Å². The molecule has 5 heteroatoms. The first-order chi connectivity index (χ1) is 6.66. The maximum atomic E-state index is 11.0. The van der Waals surface area contributed by atoms with Crippen molar-refractivity contribution in [3.05, 3.63) is 34.4 Å². The maximum absolute atomic E-state index is 11.0. The zero-order chi connectivity index (χ0) is 10.1. The van der Waals surface area contributed by atoms with E-state index in [-0.39, 0.29) is 5.56 Å². The summed E-state index contributed by atoms with van der Waals surface area (Å²) in [6, 6.07) is 3.25. The molecule has 0 saturated heterocycles. The molecule has 14 heavy (non-hydrogen) atoms. The van der Waals surface area contributed by atoms with E-state index in [1.54, 1.807) is 4.68 Å². The van der Waals surface area contributed by atoms with Crippen molar-refractivity contribution in [3.63, 3.8) is 0 Å². The number of aromatic amines is 1. The van der Waals surface area contributed by atoms with Gasteiger partial charge in [-0.15, -0.1) is 0 Å². The van der Waals surface area contributed by atoms with E-state index >= 15 is 0 Å². The Labute approximate surface area is 80.4 Å². The summed E-state index contributed by atoms with van der Waals surface area (Å²) in [5, 5.41) is 4.21. The number of H-pyrrole nitrogens is 1. The Morgan fingerprint density at radius 3 is 2.86 bits per heavy atom. The molecular weight excluding hydrogens is 180 g/mol. The first-order valence-corrected chi connectivity index (χ1v) is 4.23. The van der Waals surface area contributed by atoms with Gasteiger partial charge in [0.25, 0.3) is 5.56 Å². The predicted octanol–water partition coefficient (Wildman–Crippen LogP) is 0.479. The van der Waals surface area contributed by atoms with Crippen LogP contribution in [0, 0.1) is 6.92 Å². The minimum absolute atomic E-state index is 0.168. The summed E-state index contributed by atoms with van der Waals surface area (Å²) in [5.74, 6) is 0.501. The van der Waals surface area contributed by atoms with Gasteiger partial charge in [-0.2, -0.15) is 5.10 Å². The van der Waals surface area contributed by atoms with Crippen LogP contribution in [0.25, 0.3) is 11.5 Å². The SMILES string of the molecule is Cc1cc(-c2nccc(=O)[nH]2)nn1C. The highest BCUT2D eigenvalue weighted by atomic mass is 16.1. The number of rotatable bonds is 1. The van der Waals surface area contributed by atoms with E-state index in [9.17, 15) is 4.79 Å². The summed E-state index contributed by atoms with van der Waals surface area (Å²) in [4.78, 5) is 17.7. The average Bonchev–Trinajstić information content (AvgIpc) is 2.47. The van der Waals surface area contributed by atoms with Crippen LogP contribution in [0.5, 0.6) is 0 Å². The van der Waals surface area contributed by atoms with Crippen LogP contribution in [0.2, 0.25) is 0 Å². The monoisotopic (exact) mass is 190 g/mol. The van der Waals surface area contributed by atoms with Crippen LogP contribution in [-0.2, 0) is 7.05 Å². The highest BCUT2D eigenvalue weighted by Crippen LogP contribution is 2.11. The number of nitrogens with one attached hydrogen (secondary N) is 1. The summed E-state index contributed by atoms with van der Waals surface area (Å²) in [6.45, 7) is 1.94. The van der Waals surface area contributed by atoms with Gasteiger partial charge in [0.1, 0.15) is 5.69 Å². The maximum Gasteiger partial charge on any atom is 0.251 e. The third-order valence-corrected chi connectivity index (χ3v) is 2.03. The van der Waals surface area contributed by atoms with Crippen molar-refractivity contribution >= 4 is 0 Å². The number of hydrogen-bond donors (Lipinski definition) is 1. The van der Waals surface area contributed by atoms with Gasteiger partial charge in [-0.05, 0) is 13.0 Å². The molecule has 0 aliphatic heterocycles. The van der Waals surface area contributed by atoms with Gasteiger partial charge in [-0.3, -0.25) is 9.48 Å². The lowest BCUT2D eigenvalue weighted by atomic mass is 10.3. The molecule has 0 spiro atoms. The van der Waals surface area contributed by atoms with Gasteiger partial charge in [0.05, 0.1) is 0 Å². The molecule has 0 amide bonds. The van der Waals surface area contributed by atoms with E-state index < -0.39 is 0 Å². The Hall–Kier alpha value is -1.91. The van der Waals surface area contributed by atoms with Gasteiger partial charge in [0.15, 0.2) is 5.82 Å². The van der Waals surface area contributed by atoms with E-state index in [1.807, 2.05) is 20.0 Å². The van der Waals surface area contributed by atoms with Crippen LogP contribution in [0.4, 0.5) is 0 Å². The lowest BCUT2D eigenvalue weighted by molar-refractivity contribution is 0.741. The highest BCUT2D eigenvalue weighted by Gasteiger charge is 2.05. The second kappa shape index (κ2) is 3.10. The normalized spacial score (nSPS) is 10.4. The first-order valence-electron chi connectivity index (χ1n) is 4.23. The smallest absolute Gasteiger partial charge is 0.251 e. The fourth-order valence-corrected chi connectivity index (χ4v) is 1.18. The molecule has 0 aromatic carbocycles. The van der Waals surface area contributed by atoms with E-state index in [4.69, 9.17) is 0 Å². The summed E-state index contributed by atoms with van der Waals surface area (Å²) in [6.07, 6.45) is 1.47. The molecule has 0 radical (unpaired) electrons. The molecule has 0 unspecified atom stereocenters. The minimum Gasteiger partial charge on any atom is -0.305 e. The van der Waals surface area contributed by atoms with Crippen LogP contribution in [0.1, 0.15) is 5.69 Å². The molecule has 2 aromatic heterocycles. The molecular formula is C9H10N4O. The molecule has 2 heterocycles. The van der Waals surface area contributed by atoms with Crippen LogP contribution < -0.4 is 5.56 Å². The summed E-state index contributed by atoms with van der Waals surface area (Å²) >= 11 is 0. The predicted molar refractivity (Wildman–Crippen MR) is 51.8 cm³/mol. The molecule has 0 atom stereocenters. The first kappa shape index (κ1) is 8.68. The zero-order valence-corrected chi connectivity index (χ0v) is 7.98. The molecule has 72 valence electrons. The lowest BCUT2D eigenvalue weighted by Crippen LogP contribution is -2.06. The van der Waals surface area contributed by atoms with Crippen molar-refractivity contribution < 1.29 is 0 Å². The van der Waals surface area contributed by atoms with E-state index in [2.05, 4.69) is 15.1 Å². The Morgan fingerprint density at radius 1 is 1.50 bits per heavy atom. The van der Waals surface area contributed by atoms with Crippen molar-refractivity contribution in [1.29, 1.82) is 0 Å². The number of aryl methyl sites for hydroxylation is 2. The Balaban J connectivity index is 2.54. The summed E-state index contributed by atoms with van der Waals surface area (Å²) in [7, 11) is 1.85. The number of nitrogens with zero attached hydrogens (tertiary/aromatic N) is 3. The molecule has 2 rings (SSSR count). The average molecular weight is 190 g/mol. The van der Waals surface area contributed by atoms with Gasteiger partial charge in [-0.25, -0.2) is 4.98 Å². The molecule has 0 saturated carbocycles. The fraction of sp³-hybridized carbons (Fsp3) is 0.222. The fourth-order valence-electron chi connectivity index (χ4n) is 1.18. The van der Waals surface area contributed by atoms with Crippen LogP contribution in [0.3, 0.4) is 0 Å². The Morgan fingerprint density at radius 2 is 2.29 bits per heavy atom.